The van der Waals surface area contributed by atoms with Gasteiger partial charge in [0.1, 0.15) is 0 Å². The molecule has 0 amide bonds. The Labute approximate surface area is 89.7 Å². The number of benzene rings is 1. The summed E-state index contributed by atoms with van der Waals surface area (Å²) in [5.41, 5.74) is 2.28. The Morgan fingerprint density at radius 3 is 2.87 bits per heavy atom. The minimum absolute atomic E-state index is 0.147. The van der Waals surface area contributed by atoms with Crippen LogP contribution in [0.5, 0.6) is 0 Å². The zero-order valence-corrected chi connectivity index (χ0v) is 8.85. The first-order valence-electron chi connectivity index (χ1n) is 5.22. The fourth-order valence-corrected chi connectivity index (χ4v) is 1.44. The number of hydrogen-bond donors (Lipinski definition) is 0. The molecule has 1 fully saturated rings. The Kier molecular flexibility index (Phi) is 3.35. The lowest BCUT2D eigenvalue weighted by molar-refractivity contribution is -0.109. The van der Waals surface area contributed by atoms with E-state index in [0.717, 1.165) is 25.0 Å². The highest BCUT2D eigenvalue weighted by Crippen LogP contribution is 2.13. The Balaban J connectivity index is 1.85. The molecule has 3 heteroatoms. The molecule has 1 saturated heterocycles. The van der Waals surface area contributed by atoms with Crippen LogP contribution in [0.1, 0.15) is 24.0 Å². The van der Waals surface area contributed by atoms with E-state index in [1.807, 2.05) is 24.3 Å². The second-order valence-corrected chi connectivity index (χ2v) is 3.69. The standard InChI is InChI=1S/C12H15NO2/c1-10-4-6-11(7-5-10)9-13-15-12-3-2-8-14-12/h4-7,9,12H,2-3,8H2,1H3. The Hall–Kier alpha value is -1.35. The number of oxime groups is 1. The predicted octanol–water partition coefficient (Wildman–Crippen LogP) is 2.48. The number of nitrogens with zero attached hydrogens (tertiary/aromatic N) is 1. The van der Waals surface area contributed by atoms with E-state index in [1.54, 1.807) is 6.21 Å². The average Bonchev–Trinajstić information content (AvgIpc) is 2.74. The average molecular weight is 205 g/mol. The number of rotatable bonds is 3. The Morgan fingerprint density at radius 2 is 2.20 bits per heavy atom. The highest BCUT2D eigenvalue weighted by atomic mass is 16.8. The molecule has 2 rings (SSSR count). The smallest absolute Gasteiger partial charge is 0.226 e. The van der Waals surface area contributed by atoms with Crippen molar-refractivity contribution in [1.29, 1.82) is 0 Å². The first kappa shape index (κ1) is 10.2. The molecular weight excluding hydrogens is 190 g/mol. The van der Waals surface area contributed by atoms with Crippen molar-refractivity contribution in [2.24, 2.45) is 5.16 Å². The zero-order valence-electron chi connectivity index (χ0n) is 8.85. The van der Waals surface area contributed by atoms with Gasteiger partial charge in [0.25, 0.3) is 0 Å². The molecule has 1 aliphatic rings. The maximum Gasteiger partial charge on any atom is 0.226 e. The van der Waals surface area contributed by atoms with E-state index in [1.165, 1.54) is 5.56 Å². The van der Waals surface area contributed by atoms with Gasteiger partial charge < -0.3 is 9.57 Å². The summed E-state index contributed by atoms with van der Waals surface area (Å²) >= 11 is 0. The van der Waals surface area contributed by atoms with Gasteiger partial charge in [-0.25, -0.2) is 0 Å². The van der Waals surface area contributed by atoms with Crippen LogP contribution in [0.25, 0.3) is 0 Å². The summed E-state index contributed by atoms with van der Waals surface area (Å²) in [6.07, 6.45) is 3.56. The van der Waals surface area contributed by atoms with Crippen LogP contribution in [0.3, 0.4) is 0 Å². The van der Waals surface area contributed by atoms with E-state index in [-0.39, 0.29) is 6.29 Å². The maximum atomic E-state index is 5.27. The van der Waals surface area contributed by atoms with Gasteiger partial charge in [0.2, 0.25) is 6.29 Å². The SMILES string of the molecule is Cc1ccc(C=NOC2CCCO2)cc1. The molecule has 0 radical (unpaired) electrons. The van der Waals surface area contributed by atoms with Gasteiger partial charge in [-0.05, 0) is 18.9 Å². The second-order valence-electron chi connectivity index (χ2n) is 3.69. The summed E-state index contributed by atoms with van der Waals surface area (Å²) in [4.78, 5) is 5.18. The van der Waals surface area contributed by atoms with E-state index in [2.05, 4.69) is 12.1 Å². The molecule has 0 bridgehead atoms. The Bertz CT molecular complexity index is 326. The lowest BCUT2D eigenvalue weighted by atomic mass is 10.2. The van der Waals surface area contributed by atoms with Gasteiger partial charge in [-0.2, -0.15) is 0 Å². The summed E-state index contributed by atoms with van der Waals surface area (Å²) in [7, 11) is 0. The van der Waals surface area contributed by atoms with E-state index in [9.17, 15) is 0 Å². The van der Waals surface area contributed by atoms with Crippen molar-refractivity contribution >= 4 is 6.21 Å². The van der Waals surface area contributed by atoms with Crippen molar-refractivity contribution in [1.82, 2.24) is 0 Å². The van der Waals surface area contributed by atoms with Gasteiger partial charge in [-0.3, -0.25) is 0 Å². The van der Waals surface area contributed by atoms with E-state index >= 15 is 0 Å². The summed E-state index contributed by atoms with van der Waals surface area (Å²) in [5, 5.41) is 3.90. The molecular formula is C12H15NO2. The molecule has 15 heavy (non-hydrogen) atoms. The van der Waals surface area contributed by atoms with Crippen LogP contribution in [0.4, 0.5) is 0 Å². The van der Waals surface area contributed by atoms with Crippen LogP contribution >= 0.6 is 0 Å². The summed E-state index contributed by atoms with van der Waals surface area (Å²) in [5.74, 6) is 0. The molecule has 0 N–H and O–H groups in total. The topological polar surface area (TPSA) is 30.8 Å². The van der Waals surface area contributed by atoms with Crippen molar-refractivity contribution in [2.45, 2.75) is 26.1 Å². The third kappa shape index (κ3) is 3.06. The largest absolute Gasteiger partial charge is 0.364 e. The summed E-state index contributed by atoms with van der Waals surface area (Å²) in [6.45, 7) is 2.84. The van der Waals surface area contributed by atoms with Crippen LogP contribution < -0.4 is 0 Å². The molecule has 80 valence electrons. The Morgan fingerprint density at radius 1 is 1.40 bits per heavy atom. The molecule has 3 nitrogen and oxygen atoms in total. The molecule has 1 aromatic rings. The van der Waals surface area contributed by atoms with Gasteiger partial charge in [-0.15, -0.1) is 0 Å². The van der Waals surface area contributed by atoms with Crippen LogP contribution in [-0.2, 0) is 9.57 Å². The molecule has 1 aromatic carbocycles. The van der Waals surface area contributed by atoms with Crippen LogP contribution in [-0.4, -0.2) is 19.1 Å². The molecule has 1 atom stereocenters. The van der Waals surface area contributed by atoms with E-state index < -0.39 is 0 Å². The fourth-order valence-electron chi connectivity index (χ4n) is 1.44. The predicted molar refractivity (Wildman–Crippen MR) is 58.8 cm³/mol. The minimum Gasteiger partial charge on any atom is -0.364 e. The highest BCUT2D eigenvalue weighted by Gasteiger charge is 2.15. The monoisotopic (exact) mass is 205 g/mol. The molecule has 0 spiro atoms. The molecule has 1 unspecified atom stereocenters. The molecule has 0 saturated carbocycles. The van der Waals surface area contributed by atoms with Gasteiger partial charge in [0, 0.05) is 6.42 Å². The van der Waals surface area contributed by atoms with Gasteiger partial charge in [0.05, 0.1) is 12.8 Å². The highest BCUT2D eigenvalue weighted by molar-refractivity contribution is 5.79. The van der Waals surface area contributed by atoms with Crippen LogP contribution in [0, 0.1) is 6.92 Å². The first-order chi connectivity index (χ1) is 7.34. The number of aryl methyl sites for hydroxylation is 1. The number of hydrogen-bond acceptors (Lipinski definition) is 3. The van der Waals surface area contributed by atoms with Gasteiger partial charge >= 0.3 is 0 Å². The van der Waals surface area contributed by atoms with Gasteiger partial charge in [-0.1, -0.05) is 35.0 Å². The molecule has 0 aliphatic carbocycles. The van der Waals surface area contributed by atoms with Gasteiger partial charge in [0.15, 0.2) is 0 Å². The first-order valence-corrected chi connectivity index (χ1v) is 5.22. The lowest BCUT2D eigenvalue weighted by Crippen LogP contribution is -2.06. The van der Waals surface area contributed by atoms with Crippen molar-refractivity contribution in [3.05, 3.63) is 35.4 Å². The fraction of sp³-hybridized carbons (Fsp3) is 0.417. The minimum atomic E-state index is -0.147. The van der Waals surface area contributed by atoms with E-state index in [0.29, 0.717) is 0 Å². The molecule has 1 heterocycles. The number of ether oxygens (including phenoxy) is 1. The quantitative estimate of drug-likeness (QED) is 0.560. The van der Waals surface area contributed by atoms with E-state index in [4.69, 9.17) is 9.57 Å². The lowest BCUT2D eigenvalue weighted by Gasteiger charge is -2.05. The van der Waals surface area contributed by atoms with Crippen molar-refractivity contribution in [2.75, 3.05) is 6.61 Å². The second kappa shape index (κ2) is 4.94. The van der Waals surface area contributed by atoms with Crippen molar-refractivity contribution in [3.63, 3.8) is 0 Å². The third-order valence-electron chi connectivity index (χ3n) is 2.35. The third-order valence-corrected chi connectivity index (χ3v) is 2.35. The van der Waals surface area contributed by atoms with Crippen molar-refractivity contribution < 1.29 is 9.57 Å². The van der Waals surface area contributed by atoms with Crippen LogP contribution in [0.2, 0.25) is 0 Å². The summed E-state index contributed by atoms with van der Waals surface area (Å²) in [6, 6.07) is 8.12. The van der Waals surface area contributed by atoms with Crippen molar-refractivity contribution in [3.8, 4) is 0 Å². The summed E-state index contributed by atoms with van der Waals surface area (Å²) < 4.78 is 5.27. The normalized spacial score (nSPS) is 21.0. The van der Waals surface area contributed by atoms with Crippen LogP contribution in [0.15, 0.2) is 29.4 Å². The molecule has 0 aromatic heterocycles. The zero-order chi connectivity index (χ0) is 10.5. The molecule has 1 aliphatic heterocycles. The maximum absolute atomic E-state index is 5.27.